The third kappa shape index (κ3) is 3.34. The van der Waals surface area contributed by atoms with Crippen LogP contribution < -0.4 is 10.5 Å². The second-order valence-electron chi connectivity index (χ2n) is 4.16. The molecular weight excluding hydrogens is 278 g/mol. The SMILES string of the molecule is N#Cc1ccccc1CS(=O)(=O)NCc1cn[nH]c1N. The van der Waals surface area contributed by atoms with Gasteiger partial charge in [-0.15, -0.1) is 0 Å². The van der Waals surface area contributed by atoms with Crippen molar-refractivity contribution in [3.05, 3.63) is 47.2 Å². The maximum atomic E-state index is 12.0. The standard InChI is InChI=1S/C12H13N5O2S/c13-5-9-3-1-2-4-10(9)8-20(18,19)16-7-11-6-15-17-12(11)14/h1-4,6,16H,7-8H2,(H3,14,15,17). The smallest absolute Gasteiger partial charge is 0.216 e. The molecule has 0 unspecified atom stereocenters. The van der Waals surface area contributed by atoms with Crippen molar-refractivity contribution >= 4 is 15.8 Å². The average molecular weight is 291 g/mol. The summed E-state index contributed by atoms with van der Waals surface area (Å²) in [5.41, 5.74) is 6.95. The second kappa shape index (κ2) is 5.73. The van der Waals surface area contributed by atoms with Gasteiger partial charge in [-0.05, 0) is 11.6 Å². The first-order valence-electron chi connectivity index (χ1n) is 5.75. The number of nitrogens with zero attached hydrogens (tertiary/aromatic N) is 2. The van der Waals surface area contributed by atoms with Crippen LogP contribution in [0.2, 0.25) is 0 Å². The van der Waals surface area contributed by atoms with Crippen LogP contribution >= 0.6 is 0 Å². The minimum absolute atomic E-state index is 0.0549. The molecule has 7 nitrogen and oxygen atoms in total. The molecule has 4 N–H and O–H groups in total. The molecule has 8 heteroatoms. The Morgan fingerprint density at radius 1 is 1.35 bits per heavy atom. The van der Waals surface area contributed by atoms with Crippen LogP contribution in [0.15, 0.2) is 30.5 Å². The zero-order chi connectivity index (χ0) is 14.6. The van der Waals surface area contributed by atoms with Gasteiger partial charge in [0.05, 0.1) is 23.6 Å². The highest BCUT2D eigenvalue weighted by Crippen LogP contribution is 2.12. The number of aromatic amines is 1. The van der Waals surface area contributed by atoms with E-state index in [-0.39, 0.29) is 12.3 Å². The van der Waals surface area contributed by atoms with Crippen LogP contribution in [0.3, 0.4) is 0 Å². The number of benzene rings is 1. The summed E-state index contributed by atoms with van der Waals surface area (Å²) >= 11 is 0. The molecule has 0 aliphatic rings. The molecule has 0 bridgehead atoms. The molecule has 2 rings (SSSR count). The summed E-state index contributed by atoms with van der Waals surface area (Å²) in [7, 11) is -3.56. The molecule has 0 spiro atoms. The fourth-order valence-electron chi connectivity index (χ4n) is 1.66. The molecule has 0 fully saturated rings. The molecule has 0 atom stereocenters. The summed E-state index contributed by atoms with van der Waals surface area (Å²) in [4.78, 5) is 0. The molecule has 20 heavy (non-hydrogen) atoms. The van der Waals surface area contributed by atoms with E-state index in [4.69, 9.17) is 11.0 Å². The Balaban J connectivity index is 2.08. The maximum absolute atomic E-state index is 12.0. The number of nitrogens with two attached hydrogens (primary N) is 1. The van der Waals surface area contributed by atoms with Crippen LogP contribution in [0.1, 0.15) is 16.7 Å². The Hall–Kier alpha value is -2.37. The van der Waals surface area contributed by atoms with Gasteiger partial charge in [-0.3, -0.25) is 5.10 Å². The second-order valence-corrected chi connectivity index (χ2v) is 5.96. The predicted octanol–water partition coefficient (Wildman–Crippen LogP) is 0.483. The van der Waals surface area contributed by atoms with Gasteiger partial charge in [-0.2, -0.15) is 10.4 Å². The van der Waals surface area contributed by atoms with Gasteiger partial charge in [0.1, 0.15) is 5.82 Å². The van der Waals surface area contributed by atoms with Gasteiger partial charge < -0.3 is 5.73 Å². The van der Waals surface area contributed by atoms with Gasteiger partial charge in [0, 0.05) is 12.1 Å². The first-order valence-corrected chi connectivity index (χ1v) is 7.40. The van der Waals surface area contributed by atoms with Crippen molar-refractivity contribution in [2.75, 3.05) is 5.73 Å². The Labute approximate surface area is 116 Å². The first kappa shape index (κ1) is 14.0. The monoisotopic (exact) mass is 291 g/mol. The van der Waals surface area contributed by atoms with E-state index in [2.05, 4.69) is 14.9 Å². The zero-order valence-corrected chi connectivity index (χ0v) is 11.3. The van der Waals surface area contributed by atoms with Crippen molar-refractivity contribution in [3.8, 4) is 6.07 Å². The topological polar surface area (TPSA) is 125 Å². The van der Waals surface area contributed by atoms with Gasteiger partial charge in [0.15, 0.2) is 0 Å². The minimum Gasteiger partial charge on any atom is -0.384 e. The quantitative estimate of drug-likeness (QED) is 0.739. The number of rotatable bonds is 5. The Morgan fingerprint density at radius 2 is 2.10 bits per heavy atom. The Bertz CT molecular complexity index is 745. The van der Waals surface area contributed by atoms with Gasteiger partial charge in [-0.25, -0.2) is 13.1 Å². The number of H-pyrrole nitrogens is 1. The molecule has 0 saturated heterocycles. The van der Waals surface area contributed by atoms with E-state index in [0.29, 0.717) is 22.5 Å². The van der Waals surface area contributed by atoms with E-state index in [1.807, 2.05) is 6.07 Å². The predicted molar refractivity (Wildman–Crippen MR) is 73.6 cm³/mol. The summed E-state index contributed by atoms with van der Waals surface area (Å²) < 4.78 is 26.4. The zero-order valence-electron chi connectivity index (χ0n) is 10.5. The van der Waals surface area contributed by atoms with Gasteiger partial charge in [0.2, 0.25) is 10.0 Å². The molecule has 2 aromatic rings. The summed E-state index contributed by atoms with van der Waals surface area (Å²) in [6.45, 7) is 0.0549. The van der Waals surface area contributed by atoms with Crippen molar-refractivity contribution in [3.63, 3.8) is 0 Å². The lowest BCUT2D eigenvalue weighted by Gasteiger charge is -2.07. The number of nitrogen functional groups attached to an aromatic ring is 1. The van der Waals surface area contributed by atoms with Crippen LogP contribution in [0.25, 0.3) is 0 Å². The van der Waals surface area contributed by atoms with Gasteiger partial charge in [-0.1, -0.05) is 18.2 Å². The number of nitrogens with one attached hydrogen (secondary N) is 2. The summed E-state index contributed by atoms with van der Waals surface area (Å²) in [5, 5.41) is 15.2. The lowest BCUT2D eigenvalue weighted by atomic mass is 10.1. The summed E-state index contributed by atoms with van der Waals surface area (Å²) in [6.07, 6.45) is 1.46. The van der Waals surface area contributed by atoms with Crippen molar-refractivity contribution < 1.29 is 8.42 Å². The number of sulfonamides is 1. The molecule has 1 aromatic heterocycles. The normalized spacial score (nSPS) is 11.2. The number of nitriles is 1. The van der Waals surface area contributed by atoms with Crippen molar-refractivity contribution in [1.29, 1.82) is 5.26 Å². The van der Waals surface area contributed by atoms with Crippen molar-refractivity contribution in [2.24, 2.45) is 0 Å². The number of anilines is 1. The van der Waals surface area contributed by atoms with Crippen LogP contribution in [-0.4, -0.2) is 18.6 Å². The van der Waals surface area contributed by atoms with Crippen molar-refractivity contribution in [2.45, 2.75) is 12.3 Å². The molecule has 104 valence electrons. The van der Waals surface area contributed by atoms with E-state index >= 15 is 0 Å². The number of aromatic nitrogens is 2. The molecule has 0 radical (unpaired) electrons. The van der Waals surface area contributed by atoms with E-state index < -0.39 is 10.0 Å². The van der Waals surface area contributed by atoms with Crippen LogP contribution in [0, 0.1) is 11.3 Å². The van der Waals surface area contributed by atoms with Gasteiger partial charge >= 0.3 is 0 Å². The summed E-state index contributed by atoms with van der Waals surface area (Å²) in [6, 6.07) is 8.55. The van der Waals surface area contributed by atoms with Crippen LogP contribution in [-0.2, 0) is 22.3 Å². The molecule has 0 aliphatic heterocycles. The number of hydrogen-bond acceptors (Lipinski definition) is 5. The first-order chi connectivity index (χ1) is 9.52. The molecular formula is C12H13N5O2S. The molecule has 0 saturated carbocycles. The maximum Gasteiger partial charge on any atom is 0.216 e. The molecule has 0 aliphatic carbocycles. The van der Waals surface area contributed by atoms with E-state index in [0.717, 1.165) is 0 Å². The fraction of sp³-hybridized carbons (Fsp3) is 0.167. The number of hydrogen-bond donors (Lipinski definition) is 3. The molecule has 0 amide bonds. The van der Waals surface area contributed by atoms with E-state index in [9.17, 15) is 8.42 Å². The highest BCUT2D eigenvalue weighted by Gasteiger charge is 2.14. The van der Waals surface area contributed by atoms with Gasteiger partial charge in [0.25, 0.3) is 0 Å². The minimum atomic E-state index is -3.56. The Kier molecular flexibility index (Phi) is 4.02. The third-order valence-corrected chi connectivity index (χ3v) is 3.99. The highest BCUT2D eigenvalue weighted by molar-refractivity contribution is 7.88. The molecule has 1 aromatic carbocycles. The largest absolute Gasteiger partial charge is 0.384 e. The van der Waals surface area contributed by atoms with E-state index in [1.54, 1.807) is 24.3 Å². The Morgan fingerprint density at radius 3 is 2.75 bits per heavy atom. The third-order valence-electron chi connectivity index (χ3n) is 2.72. The lowest BCUT2D eigenvalue weighted by molar-refractivity contribution is 0.580. The van der Waals surface area contributed by atoms with Crippen molar-refractivity contribution in [1.82, 2.24) is 14.9 Å². The highest BCUT2D eigenvalue weighted by atomic mass is 32.2. The summed E-state index contributed by atoms with van der Waals surface area (Å²) in [5.74, 6) is 0.0687. The average Bonchev–Trinajstić information content (AvgIpc) is 2.82. The fourth-order valence-corrected chi connectivity index (χ4v) is 2.80. The lowest BCUT2D eigenvalue weighted by Crippen LogP contribution is -2.25. The van der Waals surface area contributed by atoms with E-state index in [1.165, 1.54) is 6.20 Å². The van der Waals surface area contributed by atoms with Crippen LogP contribution in [0.5, 0.6) is 0 Å². The van der Waals surface area contributed by atoms with Crippen LogP contribution in [0.4, 0.5) is 5.82 Å². The molecule has 1 heterocycles.